The molecule has 2 heteroatoms. The lowest BCUT2D eigenvalue weighted by Crippen LogP contribution is -2.31. The third kappa shape index (κ3) is 5.09. The minimum atomic E-state index is -0.380. The van der Waals surface area contributed by atoms with Crippen molar-refractivity contribution in [3.05, 3.63) is 228 Å². The molecule has 11 rings (SSSR count). The summed E-state index contributed by atoms with van der Waals surface area (Å²) in [5.41, 5.74) is 16.1. The fourth-order valence-electron chi connectivity index (χ4n) is 9.24. The summed E-state index contributed by atoms with van der Waals surface area (Å²) in [5.74, 6) is 0. The minimum absolute atomic E-state index is 0.380. The summed E-state index contributed by atoms with van der Waals surface area (Å²) in [6, 6.07) is 67.8. The first kappa shape index (κ1) is 32.1. The molecule has 3 aliphatic rings. The van der Waals surface area contributed by atoms with Crippen LogP contribution in [0, 0.1) is 0 Å². The Morgan fingerprint density at radius 3 is 1.71 bits per heavy atom. The highest BCUT2D eigenvalue weighted by molar-refractivity contribution is 7.99. The summed E-state index contributed by atoms with van der Waals surface area (Å²) in [4.78, 5) is 5.03. The van der Waals surface area contributed by atoms with E-state index in [0.717, 1.165) is 29.9 Å². The molecule has 1 aliphatic heterocycles. The van der Waals surface area contributed by atoms with E-state index in [2.05, 4.69) is 205 Å². The molecule has 0 atom stereocenters. The molecule has 8 aromatic carbocycles. The van der Waals surface area contributed by atoms with Gasteiger partial charge in [-0.2, -0.15) is 0 Å². The maximum Gasteiger partial charge on any atom is 0.0735 e. The molecule has 1 spiro atoms. The van der Waals surface area contributed by atoms with Gasteiger partial charge in [0.2, 0.25) is 0 Å². The molecule has 0 amide bonds. The molecule has 1 nitrogen and oxygen atoms in total. The Labute approximate surface area is 326 Å². The van der Waals surface area contributed by atoms with E-state index in [0.29, 0.717) is 0 Å². The minimum Gasteiger partial charge on any atom is -0.310 e. The molecule has 0 fully saturated rings. The molecule has 0 radical (unpaired) electrons. The number of nitrogens with zero attached hydrogens (tertiary/aromatic N) is 1. The van der Waals surface area contributed by atoms with Crippen molar-refractivity contribution in [1.29, 1.82) is 0 Å². The highest BCUT2D eigenvalue weighted by Gasteiger charge is 2.50. The van der Waals surface area contributed by atoms with E-state index >= 15 is 0 Å². The first-order valence-electron chi connectivity index (χ1n) is 19.2. The van der Waals surface area contributed by atoms with Crippen LogP contribution in [0.5, 0.6) is 0 Å². The fraction of sp³-hybridized carbons (Fsp3) is 0.0566. The zero-order chi connectivity index (χ0) is 36.3. The van der Waals surface area contributed by atoms with Crippen molar-refractivity contribution in [3.63, 3.8) is 0 Å². The van der Waals surface area contributed by atoms with Gasteiger partial charge >= 0.3 is 0 Å². The van der Waals surface area contributed by atoms with Gasteiger partial charge in [-0.25, -0.2) is 0 Å². The molecule has 0 saturated carbocycles. The van der Waals surface area contributed by atoms with Crippen LogP contribution in [0.4, 0.5) is 17.1 Å². The quantitative estimate of drug-likeness (QED) is 0.174. The van der Waals surface area contributed by atoms with Gasteiger partial charge in [-0.05, 0) is 134 Å². The lowest BCUT2D eigenvalue weighted by Gasteiger charge is -2.40. The standard InChI is InChI=1S/C53H37NS/c1-3-13-36(14-4-1)38-23-28-42(29-24-38)54(43-30-25-39(26-31-43)37-15-5-2-6-16-37)44-32-27-40-34-50-52(35-41(40)33-44)55-51-22-12-11-21-49(51)53(50)47-19-9-7-17-45(47)46-18-8-10-20-48(46)53/h1,3-5,7-35H,2,6H2. The van der Waals surface area contributed by atoms with Crippen LogP contribution in [0.3, 0.4) is 0 Å². The predicted octanol–water partition coefficient (Wildman–Crippen LogP) is 14.5. The molecule has 1 heterocycles. The predicted molar refractivity (Wildman–Crippen MR) is 232 cm³/mol. The molecule has 260 valence electrons. The number of rotatable bonds is 5. The summed E-state index contributed by atoms with van der Waals surface area (Å²) < 4.78 is 0. The molecule has 0 bridgehead atoms. The van der Waals surface area contributed by atoms with Gasteiger partial charge in [0.15, 0.2) is 0 Å². The molecule has 0 saturated heterocycles. The molecule has 55 heavy (non-hydrogen) atoms. The Balaban J connectivity index is 1.07. The van der Waals surface area contributed by atoms with Gasteiger partial charge in [-0.15, -0.1) is 0 Å². The smallest absolute Gasteiger partial charge is 0.0735 e. The number of hydrogen-bond acceptors (Lipinski definition) is 2. The average Bonchev–Trinajstić information content (AvgIpc) is 3.55. The second kappa shape index (κ2) is 12.9. The van der Waals surface area contributed by atoms with E-state index in [9.17, 15) is 0 Å². The average molecular weight is 720 g/mol. The first-order chi connectivity index (χ1) is 27.3. The third-order valence-corrected chi connectivity index (χ3v) is 12.9. The lowest BCUT2D eigenvalue weighted by atomic mass is 9.67. The summed E-state index contributed by atoms with van der Waals surface area (Å²) in [6.45, 7) is 0. The molecule has 0 unspecified atom stereocenters. The van der Waals surface area contributed by atoms with E-state index in [1.165, 1.54) is 76.2 Å². The Bertz CT molecular complexity index is 2780. The number of hydrogen-bond donors (Lipinski definition) is 0. The van der Waals surface area contributed by atoms with E-state index < -0.39 is 0 Å². The molecule has 0 N–H and O–H groups in total. The van der Waals surface area contributed by atoms with Crippen molar-refractivity contribution in [2.24, 2.45) is 0 Å². The highest BCUT2D eigenvalue weighted by atomic mass is 32.2. The van der Waals surface area contributed by atoms with Crippen molar-refractivity contribution < 1.29 is 0 Å². The van der Waals surface area contributed by atoms with Gasteiger partial charge < -0.3 is 4.90 Å². The van der Waals surface area contributed by atoms with Gasteiger partial charge in [0.1, 0.15) is 0 Å². The van der Waals surface area contributed by atoms with E-state index in [-0.39, 0.29) is 5.41 Å². The van der Waals surface area contributed by atoms with Crippen molar-refractivity contribution in [3.8, 4) is 22.3 Å². The topological polar surface area (TPSA) is 3.24 Å². The van der Waals surface area contributed by atoms with Crippen molar-refractivity contribution in [2.45, 2.75) is 28.0 Å². The summed E-state index contributed by atoms with van der Waals surface area (Å²) >= 11 is 1.90. The van der Waals surface area contributed by atoms with E-state index in [4.69, 9.17) is 0 Å². The normalized spacial score (nSPS) is 14.5. The van der Waals surface area contributed by atoms with Gasteiger partial charge in [0.25, 0.3) is 0 Å². The van der Waals surface area contributed by atoms with Crippen molar-refractivity contribution >= 4 is 45.2 Å². The highest BCUT2D eigenvalue weighted by Crippen LogP contribution is 2.62. The number of fused-ring (bicyclic) bond motifs is 10. The molecule has 8 aromatic rings. The molecule has 0 aromatic heterocycles. The van der Waals surface area contributed by atoms with Crippen molar-refractivity contribution in [2.75, 3.05) is 4.90 Å². The number of anilines is 3. The maximum absolute atomic E-state index is 2.48. The zero-order valence-corrected chi connectivity index (χ0v) is 31.1. The Morgan fingerprint density at radius 1 is 0.418 bits per heavy atom. The molecular formula is C53H37NS. The van der Waals surface area contributed by atoms with Gasteiger partial charge in [-0.3, -0.25) is 0 Å². The van der Waals surface area contributed by atoms with E-state index in [1.807, 2.05) is 11.8 Å². The lowest BCUT2D eigenvalue weighted by molar-refractivity contribution is 0.724. The van der Waals surface area contributed by atoms with Crippen LogP contribution in [0.2, 0.25) is 0 Å². The van der Waals surface area contributed by atoms with Crippen LogP contribution in [0.15, 0.2) is 210 Å². The second-order valence-corrected chi connectivity index (χ2v) is 15.8. The summed E-state index contributed by atoms with van der Waals surface area (Å²) in [6.07, 6.45) is 9.10. The van der Waals surface area contributed by atoms with Crippen LogP contribution >= 0.6 is 11.8 Å². The second-order valence-electron chi connectivity index (χ2n) is 14.8. The van der Waals surface area contributed by atoms with Crippen LogP contribution in [-0.2, 0) is 5.41 Å². The molecule has 2 aliphatic carbocycles. The van der Waals surface area contributed by atoms with Gasteiger partial charge in [0, 0.05) is 26.9 Å². The van der Waals surface area contributed by atoms with E-state index in [1.54, 1.807) is 0 Å². The summed E-state index contributed by atoms with van der Waals surface area (Å²) in [5, 5.41) is 2.48. The Morgan fingerprint density at radius 2 is 1.02 bits per heavy atom. The third-order valence-electron chi connectivity index (χ3n) is 11.7. The maximum atomic E-state index is 2.48. The van der Waals surface area contributed by atoms with Crippen molar-refractivity contribution in [1.82, 2.24) is 0 Å². The number of benzene rings is 8. The molecular weight excluding hydrogens is 683 g/mol. The Kier molecular flexibility index (Phi) is 7.53. The van der Waals surface area contributed by atoms with Crippen LogP contribution in [0.1, 0.15) is 40.7 Å². The fourth-order valence-corrected chi connectivity index (χ4v) is 10.5. The van der Waals surface area contributed by atoms with Crippen LogP contribution in [-0.4, -0.2) is 0 Å². The SMILES string of the molecule is C1=CC(c2ccc(N(c3ccc(-c4ccccc4)cc3)c3ccc4cc5c(cc4c3)Sc3ccccc3C53c4ccccc4-c4ccccc43)cc2)=CCC1. The monoisotopic (exact) mass is 719 g/mol. The first-order valence-corrected chi connectivity index (χ1v) is 20.1. The Hall–Kier alpha value is -6.35. The summed E-state index contributed by atoms with van der Waals surface area (Å²) in [7, 11) is 0. The van der Waals surface area contributed by atoms with Crippen LogP contribution < -0.4 is 4.90 Å². The van der Waals surface area contributed by atoms with Gasteiger partial charge in [0.05, 0.1) is 5.41 Å². The van der Waals surface area contributed by atoms with Crippen LogP contribution in [0.25, 0.3) is 38.6 Å². The largest absolute Gasteiger partial charge is 0.310 e. The number of allylic oxidation sites excluding steroid dienone is 4. The van der Waals surface area contributed by atoms with Gasteiger partial charge in [-0.1, -0.05) is 157 Å². The zero-order valence-electron chi connectivity index (χ0n) is 30.3.